The maximum Gasteiger partial charge on any atom is 0.384 e. The predicted octanol–water partition coefficient (Wildman–Crippen LogP) is 4.69. The van der Waals surface area contributed by atoms with Gasteiger partial charge < -0.3 is 42.3 Å². The first kappa shape index (κ1) is 39.2. The quantitative estimate of drug-likeness (QED) is 0.0875. The highest BCUT2D eigenvalue weighted by Gasteiger charge is 2.53. The highest BCUT2D eigenvalue weighted by molar-refractivity contribution is 5.87. The monoisotopic (exact) mass is 698 g/mol. The molecule has 0 saturated carbocycles. The lowest BCUT2D eigenvalue weighted by atomic mass is 9.98. The fourth-order valence-electron chi connectivity index (χ4n) is 4.90. The van der Waals surface area contributed by atoms with Gasteiger partial charge in [0, 0.05) is 40.7 Å². The second-order valence-corrected chi connectivity index (χ2v) is 11.5. The maximum absolute atomic E-state index is 13.2. The van der Waals surface area contributed by atoms with Gasteiger partial charge in [0.15, 0.2) is 18.0 Å². The van der Waals surface area contributed by atoms with Crippen molar-refractivity contribution < 1.29 is 61.5 Å². The smallest absolute Gasteiger partial charge is 0.384 e. The molecular weight excluding hydrogens is 656 g/mol. The molecule has 50 heavy (non-hydrogen) atoms. The molecule has 0 N–H and O–H groups in total. The van der Waals surface area contributed by atoms with Gasteiger partial charge in [0.2, 0.25) is 12.4 Å². The molecule has 1 fully saturated rings. The van der Waals surface area contributed by atoms with E-state index >= 15 is 0 Å². The minimum absolute atomic E-state index is 0.0363. The summed E-state index contributed by atoms with van der Waals surface area (Å²) in [5.74, 6) is -0.950. The van der Waals surface area contributed by atoms with Gasteiger partial charge in [0.1, 0.15) is 36.8 Å². The van der Waals surface area contributed by atoms with E-state index in [4.69, 9.17) is 42.3 Å². The van der Waals surface area contributed by atoms with Gasteiger partial charge in [-0.05, 0) is 51.8 Å². The Morgan fingerprint density at radius 2 is 1.50 bits per heavy atom. The first-order chi connectivity index (χ1) is 23.7. The van der Waals surface area contributed by atoms with Gasteiger partial charge in [0.05, 0.1) is 5.39 Å². The molecular formula is C36H42O14. The summed E-state index contributed by atoms with van der Waals surface area (Å²) in [5.41, 5.74) is 1.45. The molecule has 1 aliphatic heterocycles. The predicted molar refractivity (Wildman–Crippen MR) is 177 cm³/mol. The number of carbonyl (C=O) groups is 4. The zero-order chi connectivity index (χ0) is 37.0. The summed E-state index contributed by atoms with van der Waals surface area (Å²) in [4.78, 5) is 61.6. The molecule has 0 bridgehead atoms. The Labute approximate surface area is 289 Å². The van der Waals surface area contributed by atoms with Crippen molar-refractivity contribution in [1.82, 2.24) is 0 Å². The third-order valence-corrected chi connectivity index (χ3v) is 7.00. The standard InChI is InChI=1S/C36H42O14/c1-9-16-43-33-30(27-14-13-26(18-28(27)48-35(33)41)42-17-15-21(4)12-10-11-20(2)3)50-36-34(47-25(8)40)32(46-24(7)39)31(45-23(6)38)29(49-36)19-44-22(5)37/h11,13-15,18,29,31-32,34,36H,10,12,17,19H2,1-8H3/t29-,31-,32+,34-,36+/m1/s1. The van der Waals surface area contributed by atoms with Gasteiger partial charge in [-0.1, -0.05) is 23.1 Å². The second kappa shape index (κ2) is 18.5. The van der Waals surface area contributed by atoms with E-state index in [1.165, 1.54) is 18.6 Å². The van der Waals surface area contributed by atoms with Gasteiger partial charge in [-0.2, -0.15) is 0 Å². The molecule has 1 aromatic heterocycles. The fraction of sp³-hybridized carbons (Fsp3) is 0.472. The van der Waals surface area contributed by atoms with Gasteiger partial charge in [-0.25, -0.2) is 4.79 Å². The molecule has 1 aliphatic rings. The number of hydrogen-bond acceptors (Lipinski definition) is 14. The third-order valence-electron chi connectivity index (χ3n) is 7.00. The normalized spacial score (nSPS) is 20.0. The van der Waals surface area contributed by atoms with Crippen LogP contribution in [0.2, 0.25) is 0 Å². The Morgan fingerprint density at radius 1 is 0.840 bits per heavy atom. The SMILES string of the molecule is CC#COc1c(O[C@@H]2O[C@H](COC(C)=O)[C@@H](OC(C)=O)[C@H](OC(C)=O)[C@H]2OC(C)=O)c2ccc(OCC=C(C)CCC=C(C)C)cc2oc1=O. The van der Waals surface area contributed by atoms with E-state index in [9.17, 15) is 24.0 Å². The molecule has 14 heteroatoms. The van der Waals surface area contributed by atoms with Crippen molar-refractivity contribution in [2.24, 2.45) is 0 Å². The molecule has 0 spiro atoms. The average molecular weight is 699 g/mol. The van der Waals surface area contributed by atoms with Crippen molar-refractivity contribution in [2.45, 2.75) is 98.9 Å². The van der Waals surface area contributed by atoms with E-state index in [1.807, 2.05) is 26.8 Å². The number of benzene rings is 1. The second-order valence-electron chi connectivity index (χ2n) is 11.5. The number of rotatable bonds is 14. The minimum Gasteiger partial charge on any atom is -0.489 e. The van der Waals surface area contributed by atoms with Gasteiger partial charge in [-0.15, -0.1) is 0 Å². The lowest BCUT2D eigenvalue weighted by molar-refractivity contribution is -0.288. The summed E-state index contributed by atoms with van der Waals surface area (Å²) in [5, 5.41) is 0.200. The molecule has 0 unspecified atom stereocenters. The molecule has 0 radical (unpaired) electrons. The van der Waals surface area contributed by atoms with Crippen LogP contribution in [0.1, 0.15) is 68.2 Å². The largest absolute Gasteiger partial charge is 0.489 e. The first-order valence-corrected chi connectivity index (χ1v) is 15.8. The Bertz CT molecular complexity index is 1740. The maximum atomic E-state index is 13.2. The number of esters is 4. The van der Waals surface area contributed by atoms with Gasteiger partial charge in [-0.3, -0.25) is 19.2 Å². The molecule has 1 saturated heterocycles. The fourth-order valence-corrected chi connectivity index (χ4v) is 4.90. The summed E-state index contributed by atoms with van der Waals surface area (Å²) in [6.45, 7) is 11.8. The van der Waals surface area contributed by atoms with Crippen LogP contribution in [0.15, 0.2) is 50.7 Å². The van der Waals surface area contributed by atoms with E-state index in [-0.39, 0.29) is 23.3 Å². The topological polar surface area (TPSA) is 172 Å². The van der Waals surface area contributed by atoms with Crippen molar-refractivity contribution in [2.75, 3.05) is 13.2 Å². The number of ether oxygens (including phenoxy) is 8. The van der Waals surface area contributed by atoms with Crippen molar-refractivity contribution in [3.8, 4) is 29.3 Å². The highest BCUT2D eigenvalue weighted by atomic mass is 16.7. The van der Waals surface area contributed by atoms with Crippen molar-refractivity contribution in [3.63, 3.8) is 0 Å². The van der Waals surface area contributed by atoms with Crippen LogP contribution in [0.25, 0.3) is 11.0 Å². The molecule has 0 aliphatic carbocycles. The zero-order valence-corrected chi connectivity index (χ0v) is 29.3. The van der Waals surface area contributed by atoms with Crippen molar-refractivity contribution in [1.29, 1.82) is 0 Å². The number of fused-ring (bicyclic) bond motifs is 1. The molecule has 2 aromatic rings. The summed E-state index contributed by atoms with van der Waals surface area (Å²) >= 11 is 0. The van der Waals surface area contributed by atoms with Gasteiger partial charge >= 0.3 is 29.5 Å². The summed E-state index contributed by atoms with van der Waals surface area (Å²) in [7, 11) is 0. The number of carbonyl (C=O) groups excluding carboxylic acids is 4. The van der Waals surface area contributed by atoms with Crippen LogP contribution in [0.4, 0.5) is 0 Å². The van der Waals surface area contributed by atoms with Crippen LogP contribution < -0.4 is 19.8 Å². The number of hydrogen-bond donors (Lipinski definition) is 0. The summed E-state index contributed by atoms with van der Waals surface area (Å²) in [6.07, 6.45) is 0.794. The molecule has 1 aromatic carbocycles. The van der Waals surface area contributed by atoms with Crippen LogP contribution in [0.3, 0.4) is 0 Å². The molecule has 2 heterocycles. The Hall–Kier alpha value is -5.29. The van der Waals surface area contributed by atoms with E-state index in [1.54, 1.807) is 12.1 Å². The van der Waals surface area contributed by atoms with Crippen molar-refractivity contribution in [3.05, 3.63) is 51.9 Å². The lowest BCUT2D eigenvalue weighted by Gasteiger charge is -2.43. The van der Waals surface area contributed by atoms with Crippen LogP contribution in [-0.2, 0) is 42.9 Å². The lowest BCUT2D eigenvalue weighted by Crippen LogP contribution is -2.63. The first-order valence-electron chi connectivity index (χ1n) is 15.8. The van der Waals surface area contributed by atoms with Crippen LogP contribution in [0, 0.1) is 12.0 Å². The van der Waals surface area contributed by atoms with E-state index < -0.39 is 72.6 Å². The zero-order valence-electron chi connectivity index (χ0n) is 29.3. The Kier molecular flexibility index (Phi) is 14.5. The molecule has 14 nitrogen and oxygen atoms in total. The minimum atomic E-state index is -1.66. The summed E-state index contributed by atoms with van der Waals surface area (Å²) < 4.78 is 50.6. The average Bonchev–Trinajstić information content (AvgIpc) is 3.01. The van der Waals surface area contributed by atoms with E-state index in [0.717, 1.165) is 46.1 Å². The van der Waals surface area contributed by atoms with Crippen molar-refractivity contribution >= 4 is 34.8 Å². The van der Waals surface area contributed by atoms with Crippen LogP contribution in [-0.4, -0.2) is 67.8 Å². The molecule has 0 amide bonds. The van der Waals surface area contributed by atoms with Crippen LogP contribution in [0.5, 0.6) is 17.2 Å². The highest BCUT2D eigenvalue weighted by Crippen LogP contribution is 2.38. The third kappa shape index (κ3) is 11.4. The Balaban J connectivity index is 2.09. The molecule has 270 valence electrons. The molecule has 3 rings (SSSR count). The van der Waals surface area contributed by atoms with E-state index in [2.05, 4.69) is 18.1 Å². The number of allylic oxidation sites excluding steroid dienone is 3. The molecule has 5 atom stereocenters. The summed E-state index contributed by atoms with van der Waals surface area (Å²) in [6, 6.07) is 4.65. The van der Waals surface area contributed by atoms with Gasteiger partial charge in [0.25, 0.3) is 5.75 Å². The van der Waals surface area contributed by atoms with Crippen LogP contribution >= 0.6 is 0 Å². The van der Waals surface area contributed by atoms with E-state index in [0.29, 0.717) is 5.75 Å². The Morgan fingerprint density at radius 3 is 2.12 bits per heavy atom.